The molecule has 98 valence electrons. The highest BCUT2D eigenvalue weighted by atomic mass is 32.2. The molecule has 0 bridgehead atoms. The van der Waals surface area contributed by atoms with Crippen LogP contribution in [0.1, 0.15) is 32.5 Å². The lowest BCUT2D eigenvalue weighted by Gasteiger charge is -2.12. The number of sulfone groups is 1. The van der Waals surface area contributed by atoms with Crippen molar-refractivity contribution in [3.05, 3.63) is 18.2 Å². The highest BCUT2D eigenvalue weighted by Gasteiger charge is 2.08. The highest BCUT2D eigenvalue weighted by molar-refractivity contribution is 7.91. The minimum absolute atomic E-state index is 0.194. The van der Waals surface area contributed by atoms with E-state index >= 15 is 0 Å². The van der Waals surface area contributed by atoms with Gasteiger partial charge in [0.25, 0.3) is 0 Å². The Balaban J connectivity index is 2.39. The van der Waals surface area contributed by atoms with Crippen LogP contribution < -0.4 is 5.32 Å². The Kier molecular flexibility index (Phi) is 5.14. The second-order valence-corrected chi connectivity index (χ2v) is 6.77. The van der Waals surface area contributed by atoms with Crippen molar-refractivity contribution in [3.63, 3.8) is 0 Å². The van der Waals surface area contributed by atoms with Crippen LogP contribution in [0.2, 0.25) is 0 Å². The maximum Gasteiger partial charge on any atom is 0.151 e. The van der Waals surface area contributed by atoms with Crippen LogP contribution in [0.3, 0.4) is 0 Å². The summed E-state index contributed by atoms with van der Waals surface area (Å²) in [5.41, 5.74) is 1.08. The minimum atomic E-state index is -2.87. The summed E-state index contributed by atoms with van der Waals surface area (Å²) in [7, 11) is -2.87. The van der Waals surface area contributed by atoms with Crippen molar-refractivity contribution >= 4 is 9.84 Å². The topological polar surface area (TPSA) is 64.0 Å². The molecule has 1 rings (SSSR count). The molecule has 1 N–H and O–H groups in total. The van der Waals surface area contributed by atoms with E-state index in [1.54, 1.807) is 19.4 Å². The van der Waals surface area contributed by atoms with Crippen LogP contribution in [-0.2, 0) is 16.4 Å². The molecule has 1 aromatic heterocycles. The van der Waals surface area contributed by atoms with E-state index in [1.807, 2.05) is 0 Å². The molecule has 0 saturated carbocycles. The van der Waals surface area contributed by atoms with E-state index in [-0.39, 0.29) is 11.5 Å². The van der Waals surface area contributed by atoms with Crippen LogP contribution >= 0.6 is 0 Å². The predicted octanol–water partition coefficient (Wildman–Crippen LogP) is 0.988. The maximum absolute atomic E-state index is 11.3. The summed E-state index contributed by atoms with van der Waals surface area (Å²) in [6, 6.07) is 0.369. The number of rotatable bonds is 7. The summed E-state index contributed by atoms with van der Waals surface area (Å²) in [5.74, 6) is 0.401. The first-order chi connectivity index (χ1) is 7.96. The number of imidazole rings is 1. The molecule has 0 radical (unpaired) electrons. The molecule has 0 aliphatic carbocycles. The quantitative estimate of drug-likeness (QED) is 0.742. The molecule has 0 spiro atoms. The molecule has 0 unspecified atom stereocenters. The van der Waals surface area contributed by atoms with Crippen molar-refractivity contribution in [2.75, 3.05) is 18.1 Å². The van der Waals surface area contributed by atoms with Gasteiger partial charge in [-0.15, -0.1) is 0 Å². The fraction of sp³-hybridized carbons (Fsp3) is 0.727. The molecule has 0 amide bonds. The predicted molar refractivity (Wildman–Crippen MR) is 68.6 cm³/mol. The Morgan fingerprint density at radius 3 is 2.76 bits per heavy atom. The Morgan fingerprint density at radius 2 is 2.18 bits per heavy atom. The van der Waals surface area contributed by atoms with E-state index in [4.69, 9.17) is 0 Å². The number of hydrogen-bond acceptors (Lipinski definition) is 4. The van der Waals surface area contributed by atoms with Crippen LogP contribution in [0, 0.1) is 0 Å². The third-order valence-electron chi connectivity index (χ3n) is 2.64. The van der Waals surface area contributed by atoms with Crippen molar-refractivity contribution in [3.8, 4) is 0 Å². The molecule has 0 aliphatic rings. The van der Waals surface area contributed by atoms with Crippen LogP contribution in [0.4, 0.5) is 0 Å². The fourth-order valence-electron chi connectivity index (χ4n) is 1.52. The van der Waals surface area contributed by atoms with Gasteiger partial charge in [-0.3, -0.25) is 0 Å². The van der Waals surface area contributed by atoms with Gasteiger partial charge in [0, 0.05) is 31.1 Å². The molecule has 1 aromatic rings. The van der Waals surface area contributed by atoms with E-state index in [0.717, 1.165) is 5.69 Å². The summed E-state index contributed by atoms with van der Waals surface area (Å²) < 4.78 is 24.6. The number of nitrogens with zero attached hydrogens (tertiary/aromatic N) is 2. The normalized spacial score (nSPS) is 12.2. The third-order valence-corrected chi connectivity index (χ3v) is 4.34. The maximum atomic E-state index is 11.3. The molecule has 17 heavy (non-hydrogen) atoms. The van der Waals surface area contributed by atoms with Gasteiger partial charge in [-0.05, 0) is 13.8 Å². The number of aromatic nitrogens is 2. The van der Waals surface area contributed by atoms with Crippen LogP contribution in [0.15, 0.2) is 12.5 Å². The van der Waals surface area contributed by atoms with Gasteiger partial charge in [-0.1, -0.05) is 6.92 Å². The molecule has 0 fully saturated rings. The summed E-state index contributed by atoms with van der Waals surface area (Å²) in [4.78, 5) is 4.09. The van der Waals surface area contributed by atoms with Gasteiger partial charge in [-0.2, -0.15) is 0 Å². The average molecular weight is 259 g/mol. The van der Waals surface area contributed by atoms with E-state index in [1.165, 1.54) is 0 Å². The Hall–Kier alpha value is -0.880. The van der Waals surface area contributed by atoms with Gasteiger partial charge in [0.2, 0.25) is 0 Å². The van der Waals surface area contributed by atoms with Crippen LogP contribution in [0.25, 0.3) is 0 Å². The molecule has 6 heteroatoms. The molecule has 5 nitrogen and oxygen atoms in total. The van der Waals surface area contributed by atoms with Crippen molar-refractivity contribution in [2.24, 2.45) is 0 Å². The SMILES string of the molecule is CCS(=O)(=O)CCNCc1cncn1C(C)C. The van der Waals surface area contributed by atoms with Gasteiger partial charge in [0.1, 0.15) is 0 Å². The third kappa shape index (κ3) is 4.47. The Labute approximate surface area is 103 Å². The second-order valence-electron chi connectivity index (χ2n) is 4.30. The first-order valence-electron chi connectivity index (χ1n) is 5.88. The molecule has 1 heterocycles. The monoisotopic (exact) mass is 259 g/mol. The van der Waals surface area contributed by atoms with Gasteiger partial charge in [-0.25, -0.2) is 13.4 Å². The van der Waals surface area contributed by atoms with Gasteiger partial charge < -0.3 is 9.88 Å². The van der Waals surface area contributed by atoms with Crippen LogP contribution in [0.5, 0.6) is 0 Å². The molecule has 0 aromatic carbocycles. The van der Waals surface area contributed by atoms with E-state index in [9.17, 15) is 8.42 Å². The summed E-state index contributed by atoms with van der Waals surface area (Å²) in [5, 5.41) is 3.13. The highest BCUT2D eigenvalue weighted by Crippen LogP contribution is 2.08. The van der Waals surface area contributed by atoms with Crippen molar-refractivity contribution in [2.45, 2.75) is 33.4 Å². The first kappa shape index (κ1) is 14.2. The summed E-state index contributed by atoms with van der Waals surface area (Å²) in [6.07, 6.45) is 3.60. The van der Waals surface area contributed by atoms with E-state index in [2.05, 4.69) is 28.7 Å². The smallest absolute Gasteiger partial charge is 0.151 e. The second kappa shape index (κ2) is 6.16. The lowest BCUT2D eigenvalue weighted by atomic mass is 10.3. The van der Waals surface area contributed by atoms with Crippen molar-refractivity contribution in [1.82, 2.24) is 14.9 Å². The average Bonchev–Trinajstić information content (AvgIpc) is 2.73. The largest absolute Gasteiger partial charge is 0.331 e. The van der Waals surface area contributed by atoms with Crippen molar-refractivity contribution < 1.29 is 8.42 Å². The zero-order valence-electron chi connectivity index (χ0n) is 10.7. The lowest BCUT2D eigenvalue weighted by molar-refractivity contribution is 0.552. The molecular formula is C11H21N3O2S. The van der Waals surface area contributed by atoms with Gasteiger partial charge in [0.15, 0.2) is 9.84 Å². The first-order valence-corrected chi connectivity index (χ1v) is 7.70. The number of nitrogens with one attached hydrogen (secondary N) is 1. The standard InChI is InChI=1S/C11H21N3O2S/c1-4-17(15,16)6-5-12-7-11-8-13-9-14(11)10(2)3/h8-10,12H,4-7H2,1-3H3. The lowest BCUT2D eigenvalue weighted by Crippen LogP contribution is -2.24. The molecule has 0 saturated heterocycles. The zero-order valence-corrected chi connectivity index (χ0v) is 11.5. The molecular weight excluding hydrogens is 238 g/mol. The van der Waals surface area contributed by atoms with Gasteiger partial charge >= 0.3 is 0 Å². The minimum Gasteiger partial charge on any atom is -0.331 e. The summed E-state index contributed by atoms with van der Waals surface area (Å²) >= 11 is 0. The van der Waals surface area contributed by atoms with Crippen molar-refractivity contribution in [1.29, 1.82) is 0 Å². The van der Waals surface area contributed by atoms with Gasteiger partial charge in [0.05, 0.1) is 17.8 Å². The summed E-state index contributed by atoms with van der Waals surface area (Å²) in [6.45, 7) is 6.99. The Morgan fingerprint density at radius 1 is 1.47 bits per heavy atom. The van der Waals surface area contributed by atoms with E-state index < -0.39 is 9.84 Å². The van der Waals surface area contributed by atoms with Crippen LogP contribution in [-0.4, -0.2) is 36.0 Å². The Bertz CT molecular complexity index is 437. The number of hydrogen-bond donors (Lipinski definition) is 1. The van der Waals surface area contributed by atoms with E-state index in [0.29, 0.717) is 19.1 Å². The molecule has 0 atom stereocenters. The fourth-order valence-corrected chi connectivity index (χ4v) is 2.27. The molecule has 0 aliphatic heterocycles. The zero-order chi connectivity index (χ0) is 12.9.